The Labute approximate surface area is 193 Å². The fourth-order valence-electron chi connectivity index (χ4n) is 2.81. The Hall–Kier alpha value is -1.69. The smallest absolute Gasteiger partial charge is 0.242 e. The standard InChI is InChI=1S/C23H28Cl2N2O2S/c1-4-16(2)26-23(29)17(3)27(15-18-6-5-7-20(25)14-18)22(28)12-13-30-21-10-8-19(24)9-11-21/h5-11,14,16-17H,4,12-13,15H2,1-3H3,(H,26,29)/t16-,17+/m1/s1. The van der Waals surface area contributed by atoms with E-state index in [4.69, 9.17) is 23.2 Å². The largest absolute Gasteiger partial charge is 0.352 e. The first-order chi connectivity index (χ1) is 14.3. The van der Waals surface area contributed by atoms with Gasteiger partial charge in [-0.2, -0.15) is 0 Å². The molecule has 0 saturated carbocycles. The Morgan fingerprint density at radius 3 is 2.40 bits per heavy atom. The molecule has 0 heterocycles. The van der Waals surface area contributed by atoms with Crippen LogP contribution in [0.5, 0.6) is 0 Å². The molecule has 0 aromatic heterocycles. The Kier molecular flexibility index (Phi) is 10.0. The van der Waals surface area contributed by atoms with Crippen molar-refractivity contribution in [2.75, 3.05) is 5.75 Å². The molecule has 2 amide bonds. The lowest BCUT2D eigenvalue weighted by molar-refractivity contribution is -0.140. The molecule has 162 valence electrons. The van der Waals surface area contributed by atoms with E-state index in [1.165, 1.54) is 0 Å². The summed E-state index contributed by atoms with van der Waals surface area (Å²) in [6.07, 6.45) is 1.16. The molecule has 2 aromatic carbocycles. The lowest BCUT2D eigenvalue weighted by Gasteiger charge is -2.29. The first-order valence-electron chi connectivity index (χ1n) is 10.0. The molecule has 2 atom stereocenters. The number of hydrogen-bond acceptors (Lipinski definition) is 3. The molecular weight excluding hydrogens is 439 g/mol. The third-order valence-electron chi connectivity index (χ3n) is 4.81. The summed E-state index contributed by atoms with van der Waals surface area (Å²) in [5.41, 5.74) is 0.893. The molecule has 1 N–H and O–H groups in total. The summed E-state index contributed by atoms with van der Waals surface area (Å²) in [6.45, 7) is 6.07. The molecule has 2 aromatic rings. The van der Waals surface area contributed by atoms with Crippen LogP contribution in [-0.2, 0) is 16.1 Å². The van der Waals surface area contributed by atoms with E-state index in [0.29, 0.717) is 28.8 Å². The molecule has 2 rings (SSSR count). The van der Waals surface area contributed by atoms with Crippen molar-refractivity contribution < 1.29 is 9.59 Å². The Bertz CT molecular complexity index is 845. The topological polar surface area (TPSA) is 49.4 Å². The predicted octanol–water partition coefficient (Wildman–Crippen LogP) is 5.81. The summed E-state index contributed by atoms with van der Waals surface area (Å²) >= 11 is 13.6. The van der Waals surface area contributed by atoms with Crippen molar-refractivity contribution >= 4 is 46.8 Å². The molecule has 0 aliphatic rings. The van der Waals surface area contributed by atoms with Crippen LogP contribution in [0.3, 0.4) is 0 Å². The molecule has 0 spiro atoms. The molecule has 0 unspecified atom stereocenters. The van der Waals surface area contributed by atoms with E-state index >= 15 is 0 Å². The van der Waals surface area contributed by atoms with Gasteiger partial charge in [-0.3, -0.25) is 9.59 Å². The average Bonchev–Trinajstić information content (AvgIpc) is 2.72. The van der Waals surface area contributed by atoms with E-state index in [-0.39, 0.29) is 17.9 Å². The number of carbonyl (C=O) groups is 2. The lowest BCUT2D eigenvalue weighted by Crippen LogP contribution is -2.49. The first kappa shape index (κ1) is 24.6. The van der Waals surface area contributed by atoms with Gasteiger partial charge in [0.2, 0.25) is 11.8 Å². The van der Waals surface area contributed by atoms with Crippen molar-refractivity contribution in [3.8, 4) is 0 Å². The van der Waals surface area contributed by atoms with Crippen LogP contribution in [0.25, 0.3) is 0 Å². The van der Waals surface area contributed by atoms with Gasteiger partial charge >= 0.3 is 0 Å². The number of halogens is 2. The quantitative estimate of drug-likeness (QED) is 0.449. The fourth-order valence-corrected chi connectivity index (χ4v) is 3.99. The molecule has 0 fully saturated rings. The average molecular weight is 467 g/mol. The van der Waals surface area contributed by atoms with Crippen LogP contribution in [-0.4, -0.2) is 34.6 Å². The minimum absolute atomic E-state index is 0.0588. The Balaban J connectivity index is 2.07. The van der Waals surface area contributed by atoms with Gasteiger partial charge in [0.25, 0.3) is 0 Å². The van der Waals surface area contributed by atoms with Crippen molar-refractivity contribution in [3.63, 3.8) is 0 Å². The fraction of sp³-hybridized carbons (Fsp3) is 0.391. The summed E-state index contributed by atoms with van der Waals surface area (Å²) in [5.74, 6) is 0.403. The van der Waals surface area contributed by atoms with Crippen LogP contribution < -0.4 is 5.32 Å². The summed E-state index contributed by atoms with van der Waals surface area (Å²) in [6, 6.07) is 14.4. The summed E-state index contributed by atoms with van der Waals surface area (Å²) in [4.78, 5) is 28.4. The van der Waals surface area contributed by atoms with Crippen LogP contribution in [0, 0.1) is 0 Å². The van der Waals surface area contributed by atoms with Crippen LogP contribution in [0.4, 0.5) is 0 Å². The molecule has 0 bridgehead atoms. The summed E-state index contributed by atoms with van der Waals surface area (Å²) in [7, 11) is 0. The normalized spacial score (nSPS) is 12.8. The molecule has 0 aliphatic carbocycles. The molecule has 0 aliphatic heterocycles. The van der Waals surface area contributed by atoms with Gasteiger partial charge in [-0.1, -0.05) is 42.3 Å². The van der Waals surface area contributed by atoms with E-state index in [1.807, 2.05) is 56.3 Å². The monoisotopic (exact) mass is 466 g/mol. The van der Waals surface area contributed by atoms with Crippen molar-refractivity contribution in [2.24, 2.45) is 0 Å². The highest BCUT2D eigenvalue weighted by molar-refractivity contribution is 7.99. The highest BCUT2D eigenvalue weighted by Gasteiger charge is 2.26. The van der Waals surface area contributed by atoms with E-state index in [2.05, 4.69) is 5.32 Å². The number of thioether (sulfide) groups is 1. The Morgan fingerprint density at radius 2 is 1.77 bits per heavy atom. The van der Waals surface area contributed by atoms with Gasteiger partial charge < -0.3 is 10.2 Å². The van der Waals surface area contributed by atoms with E-state index < -0.39 is 6.04 Å². The van der Waals surface area contributed by atoms with Gasteiger partial charge in [0.1, 0.15) is 6.04 Å². The van der Waals surface area contributed by atoms with Crippen LogP contribution in [0.15, 0.2) is 53.4 Å². The maximum atomic E-state index is 13.1. The van der Waals surface area contributed by atoms with Crippen LogP contribution >= 0.6 is 35.0 Å². The minimum Gasteiger partial charge on any atom is -0.352 e. The van der Waals surface area contributed by atoms with Gasteiger partial charge in [-0.15, -0.1) is 11.8 Å². The second kappa shape index (κ2) is 12.2. The maximum absolute atomic E-state index is 13.1. The van der Waals surface area contributed by atoms with Gasteiger partial charge in [-0.25, -0.2) is 0 Å². The van der Waals surface area contributed by atoms with E-state index in [1.54, 1.807) is 29.7 Å². The summed E-state index contributed by atoms with van der Waals surface area (Å²) < 4.78 is 0. The third-order valence-corrected chi connectivity index (χ3v) is 6.31. The van der Waals surface area contributed by atoms with Gasteiger partial charge in [-0.05, 0) is 62.2 Å². The first-order valence-corrected chi connectivity index (χ1v) is 11.8. The summed E-state index contributed by atoms with van der Waals surface area (Å²) in [5, 5.41) is 4.26. The van der Waals surface area contributed by atoms with Gasteiger partial charge in [0.05, 0.1) is 0 Å². The number of carbonyl (C=O) groups excluding carboxylic acids is 2. The molecular formula is C23H28Cl2N2O2S. The second-order valence-electron chi connectivity index (χ2n) is 7.20. The zero-order valence-corrected chi connectivity index (χ0v) is 19.9. The number of nitrogens with one attached hydrogen (secondary N) is 1. The third kappa shape index (κ3) is 7.86. The maximum Gasteiger partial charge on any atom is 0.242 e. The number of amides is 2. The predicted molar refractivity (Wildman–Crippen MR) is 126 cm³/mol. The van der Waals surface area contributed by atoms with Crippen molar-refractivity contribution in [2.45, 2.75) is 57.1 Å². The van der Waals surface area contributed by atoms with Crippen molar-refractivity contribution in [3.05, 3.63) is 64.1 Å². The van der Waals surface area contributed by atoms with Crippen LogP contribution in [0.1, 0.15) is 39.2 Å². The molecule has 7 heteroatoms. The molecule has 30 heavy (non-hydrogen) atoms. The highest BCUT2D eigenvalue weighted by atomic mass is 35.5. The van der Waals surface area contributed by atoms with Gasteiger partial charge in [0.15, 0.2) is 0 Å². The number of nitrogens with zero attached hydrogens (tertiary/aromatic N) is 1. The number of benzene rings is 2. The van der Waals surface area contributed by atoms with Crippen molar-refractivity contribution in [1.29, 1.82) is 0 Å². The zero-order chi connectivity index (χ0) is 22.1. The number of rotatable bonds is 10. The SMILES string of the molecule is CC[C@@H](C)NC(=O)[C@H](C)N(Cc1cccc(Cl)c1)C(=O)CCSc1ccc(Cl)cc1. The van der Waals surface area contributed by atoms with Gasteiger partial charge in [0, 0.05) is 39.7 Å². The lowest BCUT2D eigenvalue weighted by atomic mass is 10.1. The minimum atomic E-state index is -0.578. The van der Waals surface area contributed by atoms with E-state index in [9.17, 15) is 9.59 Å². The second-order valence-corrected chi connectivity index (χ2v) is 9.24. The Morgan fingerprint density at radius 1 is 1.07 bits per heavy atom. The zero-order valence-electron chi connectivity index (χ0n) is 17.5. The van der Waals surface area contributed by atoms with E-state index in [0.717, 1.165) is 16.9 Å². The molecule has 0 saturated heterocycles. The van der Waals surface area contributed by atoms with Crippen molar-refractivity contribution in [1.82, 2.24) is 10.2 Å². The molecule has 4 nitrogen and oxygen atoms in total. The molecule has 0 radical (unpaired) electrons. The highest BCUT2D eigenvalue weighted by Crippen LogP contribution is 2.22. The van der Waals surface area contributed by atoms with Crippen LogP contribution in [0.2, 0.25) is 10.0 Å². The number of hydrogen-bond donors (Lipinski definition) is 1.